The lowest BCUT2D eigenvalue weighted by atomic mass is 10.4. The van der Waals surface area contributed by atoms with Gasteiger partial charge in [-0.2, -0.15) is 0 Å². The van der Waals surface area contributed by atoms with Crippen molar-refractivity contribution in [3.63, 3.8) is 0 Å². The molecular formula is C13H24N4OS. The van der Waals surface area contributed by atoms with Crippen molar-refractivity contribution in [1.82, 2.24) is 15.6 Å². The summed E-state index contributed by atoms with van der Waals surface area (Å²) in [5, 5.41) is 7.65. The van der Waals surface area contributed by atoms with Gasteiger partial charge in [-0.25, -0.2) is 4.98 Å². The minimum Gasteiger partial charge on any atom is -0.380 e. The molecule has 0 aromatic carbocycles. The maximum absolute atomic E-state index is 5.26. The third-order valence-corrected chi connectivity index (χ3v) is 3.80. The fourth-order valence-corrected chi connectivity index (χ4v) is 2.47. The van der Waals surface area contributed by atoms with Crippen LogP contribution in [-0.2, 0) is 11.2 Å². The Hall–Kier alpha value is -1.14. The van der Waals surface area contributed by atoms with Gasteiger partial charge < -0.3 is 15.4 Å². The molecule has 0 amide bonds. The number of ether oxygens (including phenoxy) is 1. The Kier molecular flexibility index (Phi) is 7.43. The summed E-state index contributed by atoms with van der Waals surface area (Å²) in [5.74, 6) is 0.810. The summed E-state index contributed by atoms with van der Waals surface area (Å²) in [7, 11) is 1.77. The molecular weight excluding hydrogens is 260 g/mol. The molecule has 0 atom stereocenters. The Morgan fingerprint density at radius 3 is 2.63 bits per heavy atom. The van der Waals surface area contributed by atoms with Gasteiger partial charge in [-0.15, -0.1) is 11.3 Å². The first-order valence-electron chi connectivity index (χ1n) is 6.62. The summed E-state index contributed by atoms with van der Waals surface area (Å²) in [6, 6.07) is 0. The summed E-state index contributed by atoms with van der Waals surface area (Å²) in [6.45, 7) is 9.20. The Balaban J connectivity index is 2.22. The minimum atomic E-state index is 0.696. The maximum Gasteiger partial charge on any atom is 0.191 e. The molecule has 0 unspecified atom stereocenters. The van der Waals surface area contributed by atoms with Crippen molar-refractivity contribution in [3.8, 4) is 0 Å². The van der Waals surface area contributed by atoms with Crippen LogP contribution in [0.1, 0.15) is 22.5 Å². The van der Waals surface area contributed by atoms with Crippen molar-refractivity contribution in [3.05, 3.63) is 15.6 Å². The van der Waals surface area contributed by atoms with E-state index in [0.29, 0.717) is 6.61 Å². The predicted molar refractivity (Wildman–Crippen MR) is 81.1 cm³/mol. The standard InChI is InChI=1S/C13H24N4OS/c1-5-18-9-8-16-13(14-4)15-7-6-12-17-10(2)11(3)19-12/h5-9H2,1-4H3,(H2,14,15,16). The van der Waals surface area contributed by atoms with E-state index in [-0.39, 0.29) is 0 Å². The van der Waals surface area contributed by atoms with E-state index in [1.165, 1.54) is 9.88 Å². The summed E-state index contributed by atoms with van der Waals surface area (Å²) in [5.41, 5.74) is 1.14. The van der Waals surface area contributed by atoms with Crippen LogP contribution in [0.5, 0.6) is 0 Å². The van der Waals surface area contributed by atoms with Crippen LogP contribution < -0.4 is 10.6 Å². The first-order chi connectivity index (χ1) is 9.17. The Morgan fingerprint density at radius 1 is 1.32 bits per heavy atom. The first kappa shape index (κ1) is 15.9. The number of guanidine groups is 1. The number of nitrogens with one attached hydrogen (secondary N) is 2. The molecule has 0 fully saturated rings. The van der Waals surface area contributed by atoms with Gasteiger partial charge in [0.1, 0.15) is 0 Å². The number of aryl methyl sites for hydroxylation is 2. The van der Waals surface area contributed by atoms with Crippen molar-refractivity contribution >= 4 is 17.3 Å². The zero-order chi connectivity index (χ0) is 14.1. The normalized spacial score (nSPS) is 11.7. The van der Waals surface area contributed by atoms with Crippen LogP contribution in [-0.4, -0.2) is 44.3 Å². The van der Waals surface area contributed by atoms with E-state index in [1.807, 2.05) is 6.92 Å². The number of thiazole rings is 1. The SMILES string of the molecule is CCOCCNC(=NC)NCCc1nc(C)c(C)s1. The van der Waals surface area contributed by atoms with E-state index >= 15 is 0 Å². The zero-order valence-electron chi connectivity index (χ0n) is 12.2. The Morgan fingerprint density at radius 2 is 2.05 bits per heavy atom. The van der Waals surface area contributed by atoms with Gasteiger partial charge >= 0.3 is 0 Å². The molecule has 1 aromatic rings. The van der Waals surface area contributed by atoms with E-state index in [4.69, 9.17) is 4.74 Å². The van der Waals surface area contributed by atoms with Gasteiger partial charge in [0.25, 0.3) is 0 Å². The molecule has 0 spiro atoms. The lowest BCUT2D eigenvalue weighted by molar-refractivity contribution is 0.152. The van der Waals surface area contributed by atoms with Crippen LogP contribution in [0.4, 0.5) is 0 Å². The maximum atomic E-state index is 5.26. The minimum absolute atomic E-state index is 0.696. The summed E-state index contributed by atoms with van der Waals surface area (Å²) in [4.78, 5) is 9.98. The lowest BCUT2D eigenvalue weighted by Gasteiger charge is -2.11. The van der Waals surface area contributed by atoms with Gasteiger partial charge in [0.2, 0.25) is 0 Å². The molecule has 0 aliphatic heterocycles. The molecule has 0 saturated carbocycles. The lowest BCUT2D eigenvalue weighted by Crippen LogP contribution is -2.39. The molecule has 1 rings (SSSR count). The number of rotatable bonds is 7. The van der Waals surface area contributed by atoms with Crippen molar-refractivity contribution < 1.29 is 4.74 Å². The van der Waals surface area contributed by atoms with Gasteiger partial charge in [0, 0.05) is 38.0 Å². The van der Waals surface area contributed by atoms with Crippen LogP contribution >= 0.6 is 11.3 Å². The molecule has 0 aliphatic rings. The highest BCUT2D eigenvalue weighted by atomic mass is 32.1. The number of aliphatic imine (C=N–C) groups is 1. The third-order valence-electron chi connectivity index (χ3n) is 2.67. The predicted octanol–water partition coefficient (Wildman–Crippen LogP) is 1.50. The topological polar surface area (TPSA) is 58.5 Å². The van der Waals surface area contributed by atoms with Crippen molar-refractivity contribution in [2.75, 3.05) is 33.4 Å². The largest absolute Gasteiger partial charge is 0.380 e. The number of aromatic nitrogens is 1. The van der Waals surface area contributed by atoms with Crippen molar-refractivity contribution in [1.29, 1.82) is 0 Å². The fraction of sp³-hybridized carbons (Fsp3) is 0.692. The Labute approximate surface area is 119 Å². The van der Waals surface area contributed by atoms with Gasteiger partial charge in [0.05, 0.1) is 17.3 Å². The summed E-state index contributed by atoms with van der Waals surface area (Å²) >= 11 is 1.77. The van der Waals surface area contributed by atoms with E-state index in [9.17, 15) is 0 Å². The van der Waals surface area contributed by atoms with Crippen molar-refractivity contribution in [2.24, 2.45) is 4.99 Å². The quantitative estimate of drug-likeness (QED) is 0.453. The molecule has 0 aliphatic carbocycles. The molecule has 2 N–H and O–H groups in total. The van der Waals surface area contributed by atoms with Crippen LogP contribution in [0.3, 0.4) is 0 Å². The smallest absolute Gasteiger partial charge is 0.191 e. The van der Waals surface area contributed by atoms with E-state index < -0.39 is 0 Å². The second-order valence-corrected chi connectivity index (χ2v) is 5.41. The highest BCUT2D eigenvalue weighted by Gasteiger charge is 2.03. The van der Waals surface area contributed by atoms with E-state index in [1.54, 1.807) is 18.4 Å². The fourth-order valence-electron chi connectivity index (χ4n) is 1.54. The van der Waals surface area contributed by atoms with Gasteiger partial charge in [-0.3, -0.25) is 4.99 Å². The van der Waals surface area contributed by atoms with Gasteiger partial charge in [0.15, 0.2) is 5.96 Å². The number of hydrogen-bond donors (Lipinski definition) is 2. The van der Waals surface area contributed by atoms with Crippen LogP contribution in [0, 0.1) is 13.8 Å². The number of hydrogen-bond acceptors (Lipinski definition) is 4. The van der Waals surface area contributed by atoms with Crippen LogP contribution in [0.2, 0.25) is 0 Å². The number of nitrogens with zero attached hydrogens (tertiary/aromatic N) is 2. The second-order valence-electron chi connectivity index (χ2n) is 4.12. The molecule has 0 saturated heterocycles. The van der Waals surface area contributed by atoms with E-state index in [0.717, 1.165) is 37.8 Å². The molecule has 1 aromatic heterocycles. The van der Waals surface area contributed by atoms with Crippen LogP contribution in [0.25, 0.3) is 0 Å². The van der Waals surface area contributed by atoms with Gasteiger partial charge in [-0.05, 0) is 20.8 Å². The molecule has 1 heterocycles. The third kappa shape index (κ3) is 6.02. The first-order valence-corrected chi connectivity index (χ1v) is 7.44. The summed E-state index contributed by atoms with van der Waals surface area (Å²) < 4.78 is 5.26. The van der Waals surface area contributed by atoms with Crippen LogP contribution in [0.15, 0.2) is 4.99 Å². The average molecular weight is 284 g/mol. The monoisotopic (exact) mass is 284 g/mol. The highest BCUT2D eigenvalue weighted by Crippen LogP contribution is 2.16. The molecule has 0 radical (unpaired) electrons. The summed E-state index contributed by atoms with van der Waals surface area (Å²) in [6.07, 6.45) is 0.922. The highest BCUT2D eigenvalue weighted by molar-refractivity contribution is 7.11. The van der Waals surface area contributed by atoms with E-state index in [2.05, 4.69) is 34.5 Å². The second kappa shape index (κ2) is 8.87. The molecule has 5 nitrogen and oxygen atoms in total. The molecule has 19 heavy (non-hydrogen) atoms. The average Bonchev–Trinajstić information content (AvgIpc) is 2.71. The molecule has 6 heteroatoms. The Bertz CT molecular complexity index is 384. The zero-order valence-corrected chi connectivity index (χ0v) is 13.1. The molecule has 0 bridgehead atoms. The molecule has 108 valence electrons. The van der Waals surface area contributed by atoms with Gasteiger partial charge in [-0.1, -0.05) is 0 Å². The van der Waals surface area contributed by atoms with Crippen molar-refractivity contribution in [2.45, 2.75) is 27.2 Å².